The molecule has 82 valence electrons. The molecule has 1 atom stereocenters. The van der Waals surface area contributed by atoms with Crippen LogP contribution >= 0.6 is 0 Å². The Bertz CT molecular complexity index is 167. The molecule has 1 aliphatic carbocycles. The minimum absolute atomic E-state index is 0.148. The van der Waals surface area contributed by atoms with Gasteiger partial charge in [0, 0.05) is 18.8 Å². The summed E-state index contributed by atoms with van der Waals surface area (Å²) < 4.78 is 5.42. The zero-order valence-electron chi connectivity index (χ0n) is 9.13. The van der Waals surface area contributed by atoms with Gasteiger partial charge in [-0.25, -0.2) is 0 Å². The van der Waals surface area contributed by atoms with Gasteiger partial charge in [0.1, 0.15) is 0 Å². The molecule has 0 aromatic rings. The van der Waals surface area contributed by atoms with E-state index in [2.05, 4.69) is 0 Å². The molecule has 0 aromatic heterocycles. The zero-order valence-corrected chi connectivity index (χ0v) is 9.13. The van der Waals surface area contributed by atoms with Gasteiger partial charge in [-0.2, -0.15) is 0 Å². The van der Waals surface area contributed by atoms with Crippen LogP contribution < -0.4 is 5.73 Å². The number of ether oxygens (including phenoxy) is 1. The van der Waals surface area contributed by atoms with E-state index in [-0.39, 0.29) is 5.54 Å². The fraction of sp³-hybridized carbons (Fsp3) is 1.00. The summed E-state index contributed by atoms with van der Waals surface area (Å²) in [4.78, 5) is 0. The largest absolute Gasteiger partial charge is 0.381 e. The van der Waals surface area contributed by atoms with E-state index < -0.39 is 0 Å². The second-order valence-electron chi connectivity index (χ2n) is 5.21. The van der Waals surface area contributed by atoms with Crippen LogP contribution in [0.25, 0.3) is 0 Å². The lowest BCUT2D eigenvalue weighted by Gasteiger charge is -2.30. The smallest absolute Gasteiger partial charge is 0.0495 e. The van der Waals surface area contributed by atoms with Crippen molar-refractivity contribution in [1.29, 1.82) is 0 Å². The molecule has 2 N–H and O–H groups in total. The predicted octanol–water partition coefficient (Wildman–Crippen LogP) is 2.46. The third-order valence-electron chi connectivity index (χ3n) is 3.82. The van der Waals surface area contributed by atoms with Crippen molar-refractivity contribution < 1.29 is 4.74 Å². The lowest BCUT2D eigenvalue weighted by atomic mass is 9.82. The standard InChI is InChI=1S/C12H23NO/c13-12(6-3-1-2-4-7-12)9-11-5-8-14-10-11/h11H,1-10,13H2. The van der Waals surface area contributed by atoms with E-state index in [1.807, 2.05) is 0 Å². The summed E-state index contributed by atoms with van der Waals surface area (Å²) in [5.74, 6) is 0.748. The van der Waals surface area contributed by atoms with Gasteiger partial charge >= 0.3 is 0 Å². The molecule has 0 radical (unpaired) electrons. The molecule has 2 fully saturated rings. The number of nitrogens with two attached hydrogens (primary N) is 1. The maximum Gasteiger partial charge on any atom is 0.0495 e. The van der Waals surface area contributed by atoms with Crippen LogP contribution in [0.5, 0.6) is 0 Å². The molecule has 1 saturated heterocycles. The Morgan fingerprint density at radius 3 is 2.43 bits per heavy atom. The topological polar surface area (TPSA) is 35.2 Å². The quantitative estimate of drug-likeness (QED) is 0.690. The molecule has 2 rings (SSSR count). The molecule has 1 unspecified atom stereocenters. The maximum absolute atomic E-state index is 6.48. The van der Waals surface area contributed by atoms with Gasteiger partial charge in [-0.05, 0) is 31.6 Å². The Morgan fingerprint density at radius 2 is 1.86 bits per heavy atom. The predicted molar refractivity (Wildman–Crippen MR) is 58.2 cm³/mol. The summed E-state index contributed by atoms with van der Waals surface area (Å²) in [7, 11) is 0. The molecule has 0 spiro atoms. The van der Waals surface area contributed by atoms with Gasteiger partial charge in [0.25, 0.3) is 0 Å². The molecule has 14 heavy (non-hydrogen) atoms. The maximum atomic E-state index is 6.48. The molecule has 1 saturated carbocycles. The van der Waals surface area contributed by atoms with Crippen LogP contribution in [0.2, 0.25) is 0 Å². The fourth-order valence-corrected chi connectivity index (χ4v) is 2.96. The van der Waals surface area contributed by atoms with Gasteiger partial charge in [-0.15, -0.1) is 0 Å². The van der Waals surface area contributed by atoms with Crippen molar-refractivity contribution in [1.82, 2.24) is 0 Å². The Balaban J connectivity index is 1.85. The van der Waals surface area contributed by atoms with Crippen LogP contribution in [0.4, 0.5) is 0 Å². The van der Waals surface area contributed by atoms with Gasteiger partial charge in [-0.3, -0.25) is 0 Å². The van der Waals surface area contributed by atoms with E-state index in [0.29, 0.717) is 0 Å². The first-order chi connectivity index (χ1) is 6.79. The van der Waals surface area contributed by atoms with E-state index in [4.69, 9.17) is 10.5 Å². The molecule has 1 heterocycles. The minimum Gasteiger partial charge on any atom is -0.381 e. The summed E-state index contributed by atoms with van der Waals surface area (Å²) in [5.41, 5.74) is 6.63. The number of hydrogen-bond acceptors (Lipinski definition) is 2. The molecule has 2 nitrogen and oxygen atoms in total. The summed E-state index contributed by atoms with van der Waals surface area (Å²) in [6.45, 7) is 1.92. The van der Waals surface area contributed by atoms with Crippen molar-refractivity contribution in [3.63, 3.8) is 0 Å². The van der Waals surface area contributed by atoms with Crippen LogP contribution in [-0.2, 0) is 4.74 Å². The summed E-state index contributed by atoms with van der Waals surface area (Å²) in [5, 5.41) is 0. The van der Waals surface area contributed by atoms with Gasteiger partial charge in [0.15, 0.2) is 0 Å². The van der Waals surface area contributed by atoms with Crippen molar-refractivity contribution in [3.8, 4) is 0 Å². The third kappa shape index (κ3) is 2.71. The van der Waals surface area contributed by atoms with Crippen LogP contribution in [0.3, 0.4) is 0 Å². The number of rotatable bonds is 2. The molecule has 0 amide bonds. The summed E-state index contributed by atoms with van der Waals surface area (Å²) in [6.07, 6.45) is 10.4. The van der Waals surface area contributed by atoms with Crippen molar-refractivity contribution >= 4 is 0 Å². The highest BCUT2D eigenvalue weighted by atomic mass is 16.5. The summed E-state index contributed by atoms with van der Waals surface area (Å²) >= 11 is 0. The highest BCUT2D eigenvalue weighted by Crippen LogP contribution is 2.32. The Kier molecular flexibility index (Phi) is 3.45. The van der Waals surface area contributed by atoms with E-state index in [9.17, 15) is 0 Å². The molecule has 2 aliphatic rings. The van der Waals surface area contributed by atoms with Crippen LogP contribution in [0, 0.1) is 5.92 Å². The van der Waals surface area contributed by atoms with E-state index in [1.165, 1.54) is 51.4 Å². The minimum atomic E-state index is 0.148. The average molecular weight is 197 g/mol. The molecule has 2 heteroatoms. The fourth-order valence-electron chi connectivity index (χ4n) is 2.96. The van der Waals surface area contributed by atoms with E-state index >= 15 is 0 Å². The number of hydrogen-bond donors (Lipinski definition) is 1. The lowest BCUT2D eigenvalue weighted by molar-refractivity contribution is 0.174. The Hall–Kier alpha value is -0.0800. The normalized spacial score (nSPS) is 32.8. The first-order valence-electron chi connectivity index (χ1n) is 6.15. The highest BCUT2D eigenvalue weighted by Gasteiger charge is 2.30. The van der Waals surface area contributed by atoms with Crippen molar-refractivity contribution in [2.24, 2.45) is 11.7 Å². The van der Waals surface area contributed by atoms with E-state index in [1.54, 1.807) is 0 Å². The first-order valence-corrected chi connectivity index (χ1v) is 6.15. The monoisotopic (exact) mass is 197 g/mol. The van der Waals surface area contributed by atoms with Gasteiger partial charge in [0.05, 0.1) is 0 Å². The van der Waals surface area contributed by atoms with E-state index in [0.717, 1.165) is 19.1 Å². The highest BCUT2D eigenvalue weighted by molar-refractivity contribution is 4.89. The van der Waals surface area contributed by atoms with Crippen molar-refractivity contribution in [2.45, 2.75) is 56.9 Å². The lowest BCUT2D eigenvalue weighted by Crippen LogP contribution is -2.41. The Morgan fingerprint density at radius 1 is 1.14 bits per heavy atom. The first kappa shape index (κ1) is 10.4. The third-order valence-corrected chi connectivity index (χ3v) is 3.82. The second-order valence-corrected chi connectivity index (χ2v) is 5.21. The van der Waals surface area contributed by atoms with Crippen LogP contribution in [-0.4, -0.2) is 18.8 Å². The second kappa shape index (κ2) is 4.63. The zero-order chi connectivity index (χ0) is 9.86. The SMILES string of the molecule is NC1(CC2CCOC2)CCCCCC1. The molecule has 0 bridgehead atoms. The van der Waals surface area contributed by atoms with Gasteiger partial charge < -0.3 is 10.5 Å². The van der Waals surface area contributed by atoms with Gasteiger partial charge in [0.2, 0.25) is 0 Å². The van der Waals surface area contributed by atoms with Crippen LogP contribution in [0.1, 0.15) is 51.4 Å². The van der Waals surface area contributed by atoms with Crippen LogP contribution in [0.15, 0.2) is 0 Å². The molecular weight excluding hydrogens is 174 g/mol. The molecule has 1 aliphatic heterocycles. The molecule has 0 aromatic carbocycles. The van der Waals surface area contributed by atoms with Crippen molar-refractivity contribution in [2.75, 3.05) is 13.2 Å². The van der Waals surface area contributed by atoms with Gasteiger partial charge in [-0.1, -0.05) is 25.7 Å². The summed E-state index contributed by atoms with van der Waals surface area (Å²) in [6, 6.07) is 0. The average Bonchev–Trinajstić information content (AvgIpc) is 2.55. The molecular formula is C12H23NO. The van der Waals surface area contributed by atoms with Crippen molar-refractivity contribution in [3.05, 3.63) is 0 Å². The Labute approximate surface area is 87.2 Å².